The van der Waals surface area contributed by atoms with E-state index in [2.05, 4.69) is 10.6 Å². The molecular weight excluding hydrogens is 448 g/mol. The zero-order valence-electron chi connectivity index (χ0n) is 18.0. The molecule has 34 heavy (non-hydrogen) atoms. The van der Waals surface area contributed by atoms with Gasteiger partial charge in [-0.25, -0.2) is 8.42 Å². The van der Waals surface area contributed by atoms with Crippen LogP contribution in [0.1, 0.15) is 26.3 Å². The quantitative estimate of drug-likeness (QED) is 0.455. The molecule has 168 valence electrons. The zero-order chi connectivity index (χ0) is 23.7. The molecule has 0 bridgehead atoms. The van der Waals surface area contributed by atoms with Crippen LogP contribution < -0.4 is 10.6 Å². The summed E-state index contributed by atoms with van der Waals surface area (Å²) in [5.74, 6) is -0.908. The number of sulfone groups is 1. The molecule has 0 fully saturated rings. The minimum atomic E-state index is -3.91. The lowest BCUT2D eigenvalue weighted by molar-refractivity contribution is 0.0949. The van der Waals surface area contributed by atoms with Crippen molar-refractivity contribution in [3.63, 3.8) is 0 Å². The van der Waals surface area contributed by atoms with Crippen LogP contribution in [0.25, 0.3) is 11.1 Å². The van der Waals surface area contributed by atoms with E-state index in [0.717, 1.165) is 16.7 Å². The third-order valence-electron chi connectivity index (χ3n) is 5.69. The second kappa shape index (κ2) is 8.61. The largest absolute Gasteiger partial charge is 0.348 e. The Kier molecular flexibility index (Phi) is 5.47. The van der Waals surface area contributed by atoms with Crippen molar-refractivity contribution < 1.29 is 18.0 Å². The van der Waals surface area contributed by atoms with Gasteiger partial charge in [0.1, 0.15) is 0 Å². The van der Waals surface area contributed by atoms with Gasteiger partial charge < -0.3 is 10.6 Å². The molecule has 0 radical (unpaired) electrons. The number of amides is 2. The summed E-state index contributed by atoms with van der Waals surface area (Å²) < 4.78 is 26.2. The van der Waals surface area contributed by atoms with E-state index in [-0.39, 0.29) is 32.5 Å². The lowest BCUT2D eigenvalue weighted by atomic mass is 10.0. The Hall–Kier alpha value is -4.23. The van der Waals surface area contributed by atoms with Crippen molar-refractivity contribution in [1.82, 2.24) is 5.32 Å². The number of anilines is 1. The molecule has 5 rings (SSSR count). The molecule has 0 saturated heterocycles. The number of hydrogen-bond donors (Lipinski definition) is 2. The minimum absolute atomic E-state index is 0.0436. The highest BCUT2D eigenvalue weighted by molar-refractivity contribution is 7.91. The molecule has 2 amide bonds. The van der Waals surface area contributed by atoms with Gasteiger partial charge in [-0.2, -0.15) is 0 Å². The molecule has 1 aliphatic rings. The lowest BCUT2D eigenvalue weighted by Crippen LogP contribution is -2.23. The molecule has 0 atom stereocenters. The summed E-state index contributed by atoms with van der Waals surface area (Å²) >= 11 is 0. The Morgan fingerprint density at radius 1 is 0.765 bits per heavy atom. The van der Waals surface area contributed by atoms with Gasteiger partial charge in [-0.1, -0.05) is 60.7 Å². The third-order valence-corrected chi connectivity index (χ3v) is 7.56. The lowest BCUT2D eigenvalue weighted by Gasteiger charge is -2.11. The number of hydrogen-bond acceptors (Lipinski definition) is 4. The highest BCUT2D eigenvalue weighted by Crippen LogP contribution is 2.34. The fraction of sp³-hybridized carbons (Fsp3) is 0.0370. The number of carbonyl (C=O) groups is 2. The van der Waals surface area contributed by atoms with E-state index in [1.54, 1.807) is 12.1 Å². The van der Waals surface area contributed by atoms with Gasteiger partial charge in [-0.15, -0.1) is 0 Å². The smallest absolute Gasteiger partial charge is 0.257 e. The van der Waals surface area contributed by atoms with Gasteiger partial charge in [0.2, 0.25) is 9.84 Å². The summed E-state index contributed by atoms with van der Waals surface area (Å²) in [5, 5.41) is 5.50. The fourth-order valence-corrected chi connectivity index (χ4v) is 5.57. The van der Waals surface area contributed by atoms with E-state index in [4.69, 9.17) is 0 Å². The average molecular weight is 469 g/mol. The fourth-order valence-electron chi connectivity index (χ4n) is 3.98. The maximum absolute atomic E-state index is 13.1. The maximum atomic E-state index is 13.1. The first-order valence-corrected chi connectivity index (χ1v) is 12.1. The Bertz CT molecular complexity index is 1530. The number of rotatable bonds is 4. The van der Waals surface area contributed by atoms with Crippen LogP contribution in [0.2, 0.25) is 0 Å². The average Bonchev–Trinajstić information content (AvgIpc) is 2.95. The molecule has 4 aromatic rings. The van der Waals surface area contributed by atoms with Crippen molar-refractivity contribution >= 4 is 27.3 Å². The molecule has 1 heterocycles. The molecule has 0 spiro atoms. The first-order chi connectivity index (χ1) is 16.4. The zero-order valence-corrected chi connectivity index (χ0v) is 18.8. The second-order valence-corrected chi connectivity index (χ2v) is 9.80. The van der Waals surface area contributed by atoms with E-state index in [0.29, 0.717) is 6.54 Å². The van der Waals surface area contributed by atoms with E-state index in [1.165, 1.54) is 30.3 Å². The summed E-state index contributed by atoms with van der Waals surface area (Å²) in [6.07, 6.45) is 0. The molecule has 0 saturated carbocycles. The molecule has 6 nitrogen and oxygen atoms in total. The van der Waals surface area contributed by atoms with Gasteiger partial charge in [-0.3, -0.25) is 9.59 Å². The first kappa shape index (κ1) is 21.6. The normalized spacial score (nSPS) is 13.7. The molecule has 4 aromatic carbocycles. The monoisotopic (exact) mass is 468 g/mol. The highest BCUT2D eigenvalue weighted by atomic mass is 32.2. The van der Waals surface area contributed by atoms with Crippen LogP contribution in [0.3, 0.4) is 0 Å². The Labute approximate surface area is 197 Å². The molecule has 0 aromatic heterocycles. The first-order valence-electron chi connectivity index (χ1n) is 10.7. The molecule has 0 aliphatic carbocycles. The number of benzene rings is 4. The Balaban J connectivity index is 1.38. The molecule has 0 unspecified atom stereocenters. The molecule has 7 heteroatoms. The Morgan fingerprint density at radius 2 is 1.50 bits per heavy atom. The predicted molar refractivity (Wildman–Crippen MR) is 129 cm³/mol. The van der Waals surface area contributed by atoms with E-state index < -0.39 is 15.7 Å². The standard InChI is InChI=1S/C27H20N2O4S/c30-26(28-17-18-7-6-10-20(15-18)19-8-2-1-3-9-19)21-13-14-25-23(16-21)29-27(31)22-11-4-5-12-24(22)34(25,32)33/h1-16H,17H2,(H,28,30)(H,29,31). The van der Waals surface area contributed by atoms with E-state index in [9.17, 15) is 18.0 Å². The maximum Gasteiger partial charge on any atom is 0.257 e. The van der Waals surface area contributed by atoms with Gasteiger partial charge in [0.25, 0.3) is 11.8 Å². The van der Waals surface area contributed by atoms with Crippen molar-refractivity contribution in [3.8, 4) is 11.1 Å². The topological polar surface area (TPSA) is 92.3 Å². The second-order valence-electron chi connectivity index (χ2n) is 7.91. The van der Waals surface area contributed by atoms with Crippen molar-refractivity contribution in [3.05, 3.63) is 114 Å². The van der Waals surface area contributed by atoms with Gasteiger partial charge in [0, 0.05) is 12.1 Å². The van der Waals surface area contributed by atoms with Crippen LogP contribution >= 0.6 is 0 Å². The Morgan fingerprint density at radius 3 is 2.32 bits per heavy atom. The van der Waals surface area contributed by atoms with Gasteiger partial charge in [0.05, 0.1) is 21.0 Å². The predicted octanol–water partition coefficient (Wildman–Crippen LogP) is 4.68. The minimum Gasteiger partial charge on any atom is -0.348 e. The van der Waals surface area contributed by atoms with E-state index in [1.807, 2.05) is 54.6 Å². The number of fused-ring (bicyclic) bond motifs is 2. The van der Waals surface area contributed by atoms with Gasteiger partial charge >= 0.3 is 0 Å². The molecular formula is C27H20N2O4S. The summed E-state index contributed by atoms with van der Waals surface area (Å²) in [5.41, 5.74) is 3.46. The van der Waals surface area contributed by atoms with Crippen molar-refractivity contribution in [2.75, 3.05) is 5.32 Å². The van der Waals surface area contributed by atoms with Gasteiger partial charge in [0.15, 0.2) is 0 Å². The van der Waals surface area contributed by atoms with Crippen molar-refractivity contribution in [2.45, 2.75) is 16.3 Å². The third kappa shape index (κ3) is 3.97. The SMILES string of the molecule is O=C(NCc1cccc(-c2ccccc2)c1)c1ccc2c(c1)NC(=O)c1ccccc1S2(=O)=O. The van der Waals surface area contributed by atoms with Crippen LogP contribution in [-0.4, -0.2) is 20.2 Å². The van der Waals surface area contributed by atoms with Crippen LogP contribution in [0.15, 0.2) is 107 Å². The molecule has 1 aliphatic heterocycles. The molecule has 2 N–H and O–H groups in total. The summed E-state index contributed by atoms with van der Waals surface area (Å²) in [6.45, 7) is 0.298. The van der Waals surface area contributed by atoms with Crippen LogP contribution in [0.5, 0.6) is 0 Å². The number of nitrogens with one attached hydrogen (secondary N) is 2. The van der Waals surface area contributed by atoms with Crippen LogP contribution in [0, 0.1) is 0 Å². The number of carbonyl (C=O) groups excluding carboxylic acids is 2. The van der Waals surface area contributed by atoms with Crippen molar-refractivity contribution in [1.29, 1.82) is 0 Å². The highest BCUT2D eigenvalue weighted by Gasteiger charge is 2.31. The van der Waals surface area contributed by atoms with Crippen molar-refractivity contribution in [2.24, 2.45) is 0 Å². The van der Waals surface area contributed by atoms with E-state index >= 15 is 0 Å². The van der Waals surface area contributed by atoms with Crippen LogP contribution in [0.4, 0.5) is 5.69 Å². The summed E-state index contributed by atoms with van der Waals surface area (Å²) in [6, 6.07) is 28.1. The summed E-state index contributed by atoms with van der Waals surface area (Å²) in [7, 11) is -3.91. The van der Waals surface area contributed by atoms with Gasteiger partial charge in [-0.05, 0) is 53.1 Å². The van der Waals surface area contributed by atoms with Crippen LogP contribution in [-0.2, 0) is 16.4 Å². The summed E-state index contributed by atoms with van der Waals surface area (Å²) in [4.78, 5) is 25.4.